The van der Waals surface area contributed by atoms with E-state index in [1.807, 2.05) is 44.2 Å². The standard InChI is InChI=1S/C18H25N3O2/c1-5-13(2)18(3,23)12-19-17(22)15-11-21(4)20-16(15)14-9-7-6-8-10-14/h6-11,13,23H,5,12H2,1-4H3,(H,19,22)/t13-,18+/m1/s1. The minimum absolute atomic E-state index is 0.102. The van der Waals surface area contributed by atoms with Gasteiger partial charge in [0.15, 0.2) is 0 Å². The molecule has 124 valence electrons. The molecule has 1 amide bonds. The first-order chi connectivity index (χ1) is 10.8. The minimum Gasteiger partial charge on any atom is -0.388 e. The zero-order chi connectivity index (χ0) is 17.0. The molecule has 0 aliphatic heterocycles. The molecular weight excluding hydrogens is 290 g/mol. The molecule has 2 aromatic rings. The lowest BCUT2D eigenvalue weighted by atomic mass is 9.88. The summed E-state index contributed by atoms with van der Waals surface area (Å²) in [5, 5.41) is 17.7. The van der Waals surface area contributed by atoms with E-state index in [0.29, 0.717) is 11.3 Å². The Bertz CT molecular complexity index is 662. The Labute approximate surface area is 137 Å². The molecule has 5 nitrogen and oxygen atoms in total. The van der Waals surface area contributed by atoms with Gasteiger partial charge >= 0.3 is 0 Å². The number of aliphatic hydroxyl groups is 1. The molecule has 1 aromatic carbocycles. The molecule has 2 N–H and O–H groups in total. The van der Waals surface area contributed by atoms with Crippen molar-refractivity contribution in [3.63, 3.8) is 0 Å². The molecule has 2 rings (SSSR count). The third-order valence-corrected chi connectivity index (χ3v) is 4.40. The van der Waals surface area contributed by atoms with Gasteiger partial charge in [0.2, 0.25) is 0 Å². The zero-order valence-corrected chi connectivity index (χ0v) is 14.2. The van der Waals surface area contributed by atoms with E-state index in [4.69, 9.17) is 0 Å². The third-order valence-electron chi connectivity index (χ3n) is 4.40. The van der Waals surface area contributed by atoms with Gasteiger partial charge in [-0.15, -0.1) is 0 Å². The van der Waals surface area contributed by atoms with Crippen molar-refractivity contribution in [2.75, 3.05) is 6.54 Å². The molecule has 0 spiro atoms. The summed E-state index contributed by atoms with van der Waals surface area (Å²) in [5.41, 5.74) is 1.12. The number of aryl methyl sites for hydroxylation is 1. The van der Waals surface area contributed by atoms with Crippen LogP contribution in [0.4, 0.5) is 0 Å². The Morgan fingerprint density at radius 1 is 1.39 bits per heavy atom. The van der Waals surface area contributed by atoms with Crippen molar-refractivity contribution >= 4 is 5.91 Å². The molecule has 23 heavy (non-hydrogen) atoms. The van der Waals surface area contributed by atoms with Gasteiger partial charge in [0.05, 0.1) is 11.2 Å². The first-order valence-corrected chi connectivity index (χ1v) is 7.94. The van der Waals surface area contributed by atoms with Crippen molar-refractivity contribution < 1.29 is 9.90 Å². The van der Waals surface area contributed by atoms with Crippen molar-refractivity contribution in [1.82, 2.24) is 15.1 Å². The van der Waals surface area contributed by atoms with Gasteiger partial charge < -0.3 is 10.4 Å². The predicted molar refractivity (Wildman–Crippen MR) is 91.1 cm³/mol. The number of hydrogen-bond acceptors (Lipinski definition) is 3. The summed E-state index contributed by atoms with van der Waals surface area (Å²) in [4.78, 5) is 12.5. The molecule has 0 fully saturated rings. The lowest BCUT2D eigenvalue weighted by Gasteiger charge is -2.29. The molecule has 0 saturated heterocycles. The fraction of sp³-hybridized carbons (Fsp3) is 0.444. The Morgan fingerprint density at radius 2 is 2.04 bits per heavy atom. The van der Waals surface area contributed by atoms with E-state index >= 15 is 0 Å². The maximum Gasteiger partial charge on any atom is 0.255 e. The van der Waals surface area contributed by atoms with Gasteiger partial charge in [0.25, 0.3) is 5.91 Å². The highest BCUT2D eigenvalue weighted by atomic mass is 16.3. The number of benzene rings is 1. The molecule has 0 bridgehead atoms. The van der Waals surface area contributed by atoms with Crippen molar-refractivity contribution in [2.45, 2.75) is 32.8 Å². The van der Waals surface area contributed by atoms with Crippen LogP contribution in [0.3, 0.4) is 0 Å². The number of nitrogens with one attached hydrogen (secondary N) is 1. The Hall–Kier alpha value is -2.14. The second-order valence-electron chi connectivity index (χ2n) is 6.28. The van der Waals surface area contributed by atoms with Crippen LogP contribution in [0.5, 0.6) is 0 Å². The normalized spacial score (nSPS) is 15.0. The van der Waals surface area contributed by atoms with Crippen molar-refractivity contribution in [3.8, 4) is 11.3 Å². The highest BCUT2D eigenvalue weighted by molar-refractivity contribution is 5.99. The van der Waals surface area contributed by atoms with E-state index in [1.165, 1.54) is 0 Å². The summed E-state index contributed by atoms with van der Waals surface area (Å²) >= 11 is 0. The average Bonchev–Trinajstić information content (AvgIpc) is 2.94. The monoisotopic (exact) mass is 315 g/mol. The maximum absolute atomic E-state index is 12.5. The van der Waals surface area contributed by atoms with E-state index < -0.39 is 5.60 Å². The summed E-state index contributed by atoms with van der Waals surface area (Å²) in [6.45, 7) is 5.97. The summed E-state index contributed by atoms with van der Waals surface area (Å²) in [5.74, 6) is -0.120. The molecule has 5 heteroatoms. The molecule has 0 radical (unpaired) electrons. The van der Waals surface area contributed by atoms with Gasteiger partial charge in [0.1, 0.15) is 5.69 Å². The molecule has 1 aromatic heterocycles. The van der Waals surface area contributed by atoms with Crippen LogP contribution in [-0.2, 0) is 7.05 Å². The SMILES string of the molecule is CC[C@@H](C)[C@@](C)(O)CNC(=O)c1cn(C)nc1-c1ccccc1. The van der Waals surface area contributed by atoms with E-state index in [9.17, 15) is 9.90 Å². The lowest BCUT2D eigenvalue weighted by Crippen LogP contribution is -2.45. The first kappa shape index (κ1) is 17.2. The maximum atomic E-state index is 12.5. The molecule has 2 atom stereocenters. The topological polar surface area (TPSA) is 67.2 Å². The number of rotatable bonds is 6. The Balaban J connectivity index is 2.18. The van der Waals surface area contributed by atoms with E-state index in [1.54, 1.807) is 24.9 Å². The van der Waals surface area contributed by atoms with Crippen LogP contribution in [0.1, 0.15) is 37.6 Å². The van der Waals surface area contributed by atoms with Gasteiger partial charge in [-0.25, -0.2) is 0 Å². The summed E-state index contributed by atoms with van der Waals surface area (Å²) < 4.78 is 1.63. The van der Waals surface area contributed by atoms with Gasteiger partial charge in [0, 0.05) is 25.4 Å². The van der Waals surface area contributed by atoms with Crippen molar-refractivity contribution in [1.29, 1.82) is 0 Å². The van der Waals surface area contributed by atoms with Gasteiger partial charge in [-0.2, -0.15) is 5.10 Å². The van der Waals surface area contributed by atoms with Crippen LogP contribution in [-0.4, -0.2) is 32.9 Å². The number of hydrogen-bond donors (Lipinski definition) is 2. The number of carbonyl (C=O) groups is 1. The second-order valence-corrected chi connectivity index (χ2v) is 6.28. The largest absolute Gasteiger partial charge is 0.388 e. The van der Waals surface area contributed by atoms with Crippen molar-refractivity contribution in [2.24, 2.45) is 13.0 Å². The van der Waals surface area contributed by atoms with Crippen molar-refractivity contribution in [3.05, 3.63) is 42.1 Å². The van der Waals surface area contributed by atoms with E-state index in [2.05, 4.69) is 10.4 Å². The molecule has 0 saturated carbocycles. The zero-order valence-electron chi connectivity index (χ0n) is 14.2. The number of aromatic nitrogens is 2. The van der Waals surface area contributed by atoms with Crippen LogP contribution in [0.2, 0.25) is 0 Å². The fourth-order valence-corrected chi connectivity index (χ4v) is 2.43. The van der Waals surface area contributed by atoms with Gasteiger partial charge in [-0.3, -0.25) is 9.48 Å². The fourth-order valence-electron chi connectivity index (χ4n) is 2.43. The second kappa shape index (κ2) is 6.96. The minimum atomic E-state index is -0.931. The van der Waals surface area contributed by atoms with E-state index in [0.717, 1.165) is 12.0 Å². The molecular formula is C18H25N3O2. The quantitative estimate of drug-likeness (QED) is 0.861. The number of nitrogens with zero attached hydrogens (tertiary/aromatic N) is 2. The summed E-state index contributed by atoms with van der Waals surface area (Å²) in [6, 6.07) is 9.61. The van der Waals surface area contributed by atoms with Crippen LogP contribution >= 0.6 is 0 Å². The predicted octanol–water partition coefficient (Wildman–Crippen LogP) is 2.61. The van der Waals surface area contributed by atoms with Crippen LogP contribution in [0.25, 0.3) is 11.3 Å². The van der Waals surface area contributed by atoms with Crippen LogP contribution in [0, 0.1) is 5.92 Å². The highest BCUT2D eigenvalue weighted by Crippen LogP contribution is 2.22. The summed E-state index contributed by atoms with van der Waals surface area (Å²) in [6.07, 6.45) is 2.56. The van der Waals surface area contributed by atoms with E-state index in [-0.39, 0.29) is 18.4 Å². The van der Waals surface area contributed by atoms with Crippen LogP contribution in [0.15, 0.2) is 36.5 Å². The van der Waals surface area contributed by atoms with Gasteiger partial charge in [-0.1, -0.05) is 50.6 Å². The van der Waals surface area contributed by atoms with Gasteiger partial charge in [-0.05, 0) is 12.8 Å². The smallest absolute Gasteiger partial charge is 0.255 e. The highest BCUT2D eigenvalue weighted by Gasteiger charge is 2.28. The van der Waals surface area contributed by atoms with Crippen LogP contribution < -0.4 is 5.32 Å². The molecule has 0 aliphatic rings. The Morgan fingerprint density at radius 3 is 2.65 bits per heavy atom. The molecule has 0 aliphatic carbocycles. The average molecular weight is 315 g/mol. The number of carbonyl (C=O) groups excluding carboxylic acids is 1. The first-order valence-electron chi connectivity index (χ1n) is 7.94. The lowest BCUT2D eigenvalue weighted by molar-refractivity contribution is 0.00593. The molecule has 1 heterocycles. The summed E-state index contributed by atoms with van der Waals surface area (Å²) in [7, 11) is 1.79. The number of amides is 1. The Kier molecular flexibility index (Phi) is 5.21. The third kappa shape index (κ3) is 3.99. The molecule has 0 unspecified atom stereocenters.